The standard InChI is InChI=1S/C12H11ClN2O4/c1-18-4-5-19-8-6-10-9(2-3-14-12(10)13)11(7-8)15(16)17/h2-3,6-7H,4-5H2,1H3. The number of fused-ring (bicyclic) bond motifs is 1. The maximum Gasteiger partial charge on any atom is 0.281 e. The lowest BCUT2D eigenvalue weighted by Gasteiger charge is -2.08. The second-order valence-corrected chi connectivity index (χ2v) is 4.10. The molecule has 0 bridgehead atoms. The van der Waals surface area contributed by atoms with E-state index in [1.165, 1.54) is 12.3 Å². The van der Waals surface area contributed by atoms with Crippen molar-refractivity contribution in [2.45, 2.75) is 0 Å². The third-order valence-electron chi connectivity index (χ3n) is 2.54. The van der Waals surface area contributed by atoms with Crippen molar-refractivity contribution >= 4 is 28.1 Å². The van der Waals surface area contributed by atoms with Crippen LogP contribution < -0.4 is 4.74 Å². The van der Waals surface area contributed by atoms with Crippen molar-refractivity contribution in [2.75, 3.05) is 20.3 Å². The first kappa shape index (κ1) is 13.5. The van der Waals surface area contributed by atoms with E-state index in [9.17, 15) is 10.1 Å². The van der Waals surface area contributed by atoms with Crippen LogP contribution in [0.25, 0.3) is 10.8 Å². The van der Waals surface area contributed by atoms with Gasteiger partial charge in [0.05, 0.1) is 23.0 Å². The number of methoxy groups -OCH3 is 1. The van der Waals surface area contributed by atoms with Crippen molar-refractivity contribution < 1.29 is 14.4 Å². The molecule has 1 aromatic carbocycles. The zero-order valence-electron chi connectivity index (χ0n) is 10.1. The number of halogens is 1. The van der Waals surface area contributed by atoms with Crippen LogP contribution in [0.1, 0.15) is 0 Å². The number of ether oxygens (including phenoxy) is 2. The SMILES string of the molecule is COCCOc1cc([N+](=O)[O-])c2ccnc(Cl)c2c1. The summed E-state index contributed by atoms with van der Waals surface area (Å²) >= 11 is 5.95. The second-order valence-electron chi connectivity index (χ2n) is 3.74. The number of nitro groups is 1. The molecule has 0 aliphatic heterocycles. The van der Waals surface area contributed by atoms with Crippen molar-refractivity contribution in [3.8, 4) is 5.75 Å². The largest absolute Gasteiger partial charge is 0.491 e. The minimum atomic E-state index is -0.470. The Bertz CT molecular complexity index is 618. The summed E-state index contributed by atoms with van der Waals surface area (Å²) in [5, 5.41) is 12.2. The third-order valence-corrected chi connectivity index (χ3v) is 2.84. The summed E-state index contributed by atoms with van der Waals surface area (Å²) in [6.45, 7) is 0.698. The fourth-order valence-electron chi connectivity index (χ4n) is 1.68. The van der Waals surface area contributed by atoms with Crippen molar-refractivity contribution in [3.05, 3.63) is 39.7 Å². The summed E-state index contributed by atoms with van der Waals surface area (Å²) in [5.41, 5.74) is -0.0609. The molecule has 7 heteroatoms. The summed E-state index contributed by atoms with van der Waals surface area (Å²) in [7, 11) is 1.55. The van der Waals surface area contributed by atoms with Gasteiger partial charge in [0.15, 0.2) is 0 Å². The monoisotopic (exact) mass is 282 g/mol. The van der Waals surface area contributed by atoms with E-state index in [1.807, 2.05) is 0 Å². The predicted molar refractivity (Wildman–Crippen MR) is 70.8 cm³/mol. The van der Waals surface area contributed by atoms with E-state index in [2.05, 4.69) is 4.98 Å². The van der Waals surface area contributed by atoms with Gasteiger partial charge in [-0.05, 0) is 12.1 Å². The van der Waals surface area contributed by atoms with Gasteiger partial charge < -0.3 is 9.47 Å². The Morgan fingerprint density at radius 2 is 2.16 bits per heavy atom. The second kappa shape index (κ2) is 5.81. The molecule has 0 amide bonds. The van der Waals surface area contributed by atoms with E-state index in [0.29, 0.717) is 29.7 Å². The molecule has 0 atom stereocenters. The van der Waals surface area contributed by atoms with Crippen molar-refractivity contribution in [2.24, 2.45) is 0 Å². The Balaban J connectivity index is 2.50. The van der Waals surface area contributed by atoms with Crippen molar-refractivity contribution in [1.29, 1.82) is 0 Å². The number of hydrogen-bond donors (Lipinski definition) is 0. The number of non-ortho nitro benzene ring substituents is 1. The van der Waals surface area contributed by atoms with Crippen LogP contribution in [0.3, 0.4) is 0 Å². The zero-order valence-corrected chi connectivity index (χ0v) is 10.9. The lowest BCUT2D eigenvalue weighted by Crippen LogP contribution is -2.04. The number of hydrogen-bond acceptors (Lipinski definition) is 5. The van der Waals surface area contributed by atoms with Gasteiger partial charge in [0.2, 0.25) is 0 Å². The zero-order chi connectivity index (χ0) is 13.8. The molecule has 6 nitrogen and oxygen atoms in total. The van der Waals surface area contributed by atoms with Gasteiger partial charge in [-0.25, -0.2) is 4.98 Å². The number of aromatic nitrogens is 1. The van der Waals surface area contributed by atoms with E-state index in [4.69, 9.17) is 21.1 Å². The molecule has 0 N–H and O–H groups in total. The number of benzene rings is 1. The Morgan fingerprint density at radius 3 is 2.84 bits per heavy atom. The minimum absolute atomic E-state index is 0.0609. The van der Waals surface area contributed by atoms with Crippen LogP contribution in [0.15, 0.2) is 24.4 Å². The van der Waals surface area contributed by atoms with Crippen molar-refractivity contribution in [1.82, 2.24) is 4.98 Å². The molecule has 0 spiro atoms. The molecule has 0 fully saturated rings. The van der Waals surface area contributed by atoms with Gasteiger partial charge in [-0.1, -0.05) is 11.6 Å². The van der Waals surface area contributed by atoms with E-state index in [-0.39, 0.29) is 10.8 Å². The van der Waals surface area contributed by atoms with Gasteiger partial charge in [0, 0.05) is 18.7 Å². The number of nitrogens with zero attached hydrogens (tertiary/aromatic N) is 2. The Hall–Kier alpha value is -1.92. The van der Waals surface area contributed by atoms with Crippen LogP contribution in [0.4, 0.5) is 5.69 Å². The maximum absolute atomic E-state index is 11.1. The highest BCUT2D eigenvalue weighted by Gasteiger charge is 2.16. The lowest BCUT2D eigenvalue weighted by atomic mass is 10.1. The molecule has 0 radical (unpaired) electrons. The quantitative estimate of drug-likeness (QED) is 0.365. The molecule has 1 aromatic heterocycles. The average Bonchev–Trinajstić information content (AvgIpc) is 2.39. The van der Waals surface area contributed by atoms with Crippen LogP contribution in [0.2, 0.25) is 5.15 Å². The summed E-state index contributed by atoms with van der Waals surface area (Å²) < 4.78 is 10.2. The van der Waals surface area contributed by atoms with Gasteiger partial charge in [0.1, 0.15) is 17.5 Å². The average molecular weight is 283 g/mol. The van der Waals surface area contributed by atoms with Crippen molar-refractivity contribution in [3.63, 3.8) is 0 Å². The van der Waals surface area contributed by atoms with Gasteiger partial charge in [-0.15, -0.1) is 0 Å². The number of rotatable bonds is 5. The molecule has 0 aliphatic carbocycles. The highest BCUT2D eigenvalue weighted by molar-refractivity contribution is 6.34. The van der Waals surface area contributed by atoms with E-state index >= 15 is 0 Å². The first-order valence-corrected chi connectivity index (χ1v) is 5.85. The maximum atomic E-state index is 11.1. The van der Waals surface area contributed by atoms with Crippen LogP contribution in [0.5, 0.6) is 5.75 Å². The summed E-state index contributed by atoms with van der Waals surface area (Å²) in [4.78, 5) is 14.5. The van der Waals surface area contributed by atoms with Crippen LogP contribution >= 0.6 is 11.6 Å². The van der Waals surface area contributed by atoms with Gasteiger partial charge in [-0.2, -0.15) is 0 Å². The Labute approximate surface area is 114 Å². The molecule has 0 saturated heterocycles. The first-order chi connectivity index (χ1) is 9.13. The lowest BCUT2D eigenvalue weighted by molar-refractivity contribution is -0.383. The molecule has 0 saturated carbocycles. The number of pyridine rings is 1. The summed E-state index contributed by atoms with van der Waals surface area (Å²) in [5.74, 6) is 0.367. The van der Waals surface area contributed by atoms with Gasteiger partial charge in [-0.3, -0.25) is 10.1 Å². The van der Waals surface area contributed by atoms with Gasteiger partial charge >= 0.3 is 0 Å². The molecule has 2 aromatic rings. The minimum Gasteiger partial charge on any atom is -0.491 e. The summed E-state index contributed by atoms with van der Waals surface area (Å²) in [6, 6.07) is 4.56. The molecule has 0 aliphatic rings. The molecular formula is C12H11ClN2O4. The molecule has 1 heterocycles. The fourth-order valence-corrected chi connectivity index (χ4v) is 1.89. The molecule has 2 rings (SSSR count). The van der Waals surface area contributed by atoms with E-state index < -0.39 is 4.92 Å². The smallest absolute Gasteiger partial charge is 0.281 e. The molecule has 100 valence electrons. The van der Waals surface area contributed by atoms with Gasteiger partial charge in [0.25, 0.3) is 5.69 Å². The normalized spacial score (nSPS) is 10.6. The first-order valence-electron chi connectivity index (χ1n) is 5.48. The highest BCUT2D eigenvalue weighted by Crippen LogP contribution is 2.33. The molecular weight excluding hydrogens is 272 g/mol. The molecule has 0 unspecified atom stereocenters. The Kier molecular flexibility index (Phi) is 4.13. The third kappa shape index (κ3) is 2.91. The summed E-state index contributed by atoms with van der Waals surface area (Å²) in [6.07, 6.45) is 1.43. The fraction of sp³-hybridized carbons (Fsp3) is 0.250. The Morgan fingerprint density at radius 1 is 1.37 bits per heavy atom. The van der Waals surface area contributed by atoms with Crippen LogP contribution in [0, 0.1) is 10.1 Å². The van der Waals surface area contributed by atoms with E-state index in [0.717, 1.165) is 0 Å². The number of nitro benzene ring substituents is 1. The van der Waals surface area contributed by atoms with Crippen LogP contribution in [-0.2, 0) is 4.74 Å². The molecule has 19 heavy (non-hydrogen) atoms. The predicted octanol–water partition coefficient (Wildman–Crippen LogP) is 2.82. The van der Waals surface area contributed by atoms with Crippen LogP contribution in [-0.4, -0.2) is 30.2 Å². The van der Waals surface area contributed by atoms with E-state index in [1.54, 1.807) is 19.2 Å². The highest BCUT2D eigenvalue weighted by atomic mass is 35.5. The topological polar surface area (TPSA) is 74.5 Å².